The van der Waals surface area contributed by atoms with E-state index in [-0.39, 0.29) is 0 Å². The van der Waals surface area contributed by atoms with Crippen molar-refractivity contribution in [2.45, 2.75) is 25.8 Å². The Hall–Kier alpha value is -2.87. The molecule has 1 aliphatic rings. The molecule has 4 heterocycles. The summed E-state index contributed by atoms with van der Waals surface area (Å²) in [6.07, 6.45) is 16.0. The second-order valence-electron chi connectivity index (χ2n) is 7.05. The van der Waals surface area contributed by atoms with Crippen molar-refractivity contribution in [1.29, 1.82) is 0 Å². The lowest BCUT2D eigenvalue weighted by Crippen LogP contribution is -2.33. The minimum Gasteiger partial charge on any atom is -0.322 e. The molecule has 0 amide bonds. The third kappa shape index (κ3) is 4.85. The highest BCUT2D eigenvalue weighted by Gasteiger charge is 2.20. The highest BCUT2D eigenvalue weighted by molar-refractivity contribution is 5.48. The van der Waals surface area contributed by atoms with Gasteiger partial charge in [0.05, 0.1) is 30.5 Å². The maximum absolute atomic E-state index is 4.56. The fourth-order valence-corrected chi connectivity index (χ4v) is 3.48. The molecule has 1 fully saturated rings. The van der Waals surface area contributed by atoms with Gasteiger partial charge in [-0.05, 0) is 38.3 Å². The molecule has 8 heteroatoms. The van der Waals surface area contributed by atoms with E-state index in [1.54, 1.807) is 24.8 Å². The van der Waals surface area contributed by atoms with Gasteiger partial charge in [0.15, 0.2) is 0 Å². The van der Waals surface area contributed by atoms with Crippen molar-refractivity contribution >= 4 is 11.6 Å². The molecule has 0 aromatic carbocycles. The lowest BCUT2D eigenvalue weighted by atomic mass is 9.92. The monoisotopic (exact) mass is 364 g/mol. The Bertz CT molecular complexity index is 838. The lowest BCUT2D eigenvalue weighted by Gasteiger charge is -2.31. The van der Waals surface area contributed by atoms with Gasteiger partial charge in [-0.3, -0.25) is 19.5 Å². The van der Waals surface area contributed by atoms with E-state index in [4.69, 9.17) is 0 Å². The average molecular weight is 364 g/mol. The van der Waals surface area contributed by atoms with Crippen molar-refractivity contribution in [2.75, 3.05) is 18.4 Å². The van der Waals surface area contributed by atoms with Gasteiger partial charge in [0.1, 0.15) is 11.6 Å². The van der Waals surface area contributed by atoms with Crippen LogP contribution in [0, 0.1) is 5.92 Å². The van der Waals surface area contributed by atoms with E-state index in [1.807, 2.05) is 24.1 Å². The molecule has 27 heavy (non-hydrogen) atoms. The second kappa shape index (κ2) is 8.22. The molecule has 1 N–H and O–H groups in total. The molecule has 3 aromatic heterocycles. The first-order valence-corrected chi connectivity index (χ1v) is 9.28. The molecule has 1 aliphatic heterocycles. The molecule has 8 nitrogen and oxygen atoms in total. The van der Waals surface area contributed by atoms with Crippen LogP contribution in [0.5, 0.6) is 0 Å². The van der Waals surface area contributed by atoms with Crippen LogP contribution in [0.15, 0.2) is 43.4 Å². The minimum absolute atomic E-state index is 0.667. The summed E-state index contributed by atoms with van der Waals surface area (Å²) in [6.45, 7) is 3.24. The Kier molecular flexibility index (Phi) is 5.34. The third-order valence-electron chi connectivity index (χ3n) is 4.89. The van der Waals surface area contributed by atoms with Crippen molar-refractivity contribution in [2.24, 2.45) is 13.0 Å². The average Bonchev–Trinajstić information content (AvgIpc) is 3.10. The van der Waals surface area contributed by atoms with Gasteiger partial charge in [-0.25, -0.2) is 9.97 Å². The molecular formula is C19H24N8. The topological polar surface area (TPSA) is 84.7 Å². The molecule has 1 saturated heterocycles. The van der Waals surface area contributed by atoms with Gasteiger partial charge in [0, 0.05) is 37.7 Å². The van der Waals surface area contributed by atoms with Crippen LogP contribution in [0.2, 0.25) is 0 Å². The Morgan fingerprint density at radius 2 is 1.85 bits per heavy atom. The van der Waals surface area contributed by atoms with E-state index >= 15 is 0 Å². The Morgan fingerprint density at radius 3 is 2.52 bits per heavy atom. The van der Waals surface area contributed by atoms with Crippen LogP contribution in [0.1, 0.15) is 24.1 Å². The lowest BCUT2D eigenvalue weighted by molar-refractivity contribution is 0.176. The first-order valence-electron chi connectivity index (χ1n) is 9.28. The van der Waals surface area contributed by atoms with Crippen LogP contribution >= 0.6 is 0 Å². The fraction of sp³-hybridized carbons (Fsp3) is 0.421. The molecule has 0 spiro atoms. The number of rotatable bonds is 6. The van der Waals surface area contributed by atoms with E-state index in [0.717, 1.165) is 31.7 Å². The minimum atomic E-state index is 0.667. The predicted molar refractivity (Wildman–Crippen MR) is 102 cm³/mol. The predicted octanol–water partition coefficient (Wildman–Crippen LogP) is 2.20. The first kappa shape index (κ1) is 17.5. The molecule has 3 aromatic rings. The van der Waals surface area contributed by atoms with Crippen LogP contribution in [0.25, 0.3) is 0 Å². The largest absolute Gasteiger partial charge is 0.322 e. The summed E-state index contributed by atoms with van der Waals surface area (Å²) < 4.78 is 1.86. The molecule has 0 bridgehead atoms. The molecule has 0 aliphatic carbocycles. The summed E-state index contributed by atoms with van der Waals surface area (Å²) in [4.78, 5) is 19.7. The van der Waals surface area contributed by atoms with E-state index in [2.05, 4.69) is 41.4 Å². The van der Waals surface area contributed by atoms with Crippen molar-refractivity contribution in [3.63, 3.8) is 0 Å². The number of likely N-dealkylation sites (tertiary alicyclic amines) is 1. The first-order chi connectivity index (χ1) is 13.2. The zero-order valence-corrected chi connectivity index (χ0v) is 15.5. The van der Waals surface area contributed by atoms with Gasteiger partial charge in [-0.2, -0.15) is 5.10 Å². The SMILES string of the molecule is Cn1cc(CN2CCC(Cc3cnc(Nc4cnccn4)cn3)CC2)cn1. The smallest absolute Gasteiger partial charge is 0.150 e. The summed E-state index contributed by atoms with van der Waals surface area (Å²) >= 11 is 0. The number of anilines is 2. The second-order valence-corrected chi connectivity index (χ2v) is 7.05. The van der Waals surface area contributed by atoms with E-state index in [1.165, 1.54) is 18.4 Å². The Labute approximate surface area is 158 Å². The number of piperidine rings is 1. The number of hydrogen-bond donors (Lipinski definition) is 1. The zero-order valence-electron chi connectivity index (χ0n) is 15.5. The molecule has 0 saturated carbocycles. The highest BCUT2D eigenvalue weighted by atomic mass is 15.2. The number of nitrogens with one attached hydrogen (secondary N) is 1. The normalized spacial score (nSPS) is 15.7. The van der Waals surface area contributed by atoms with Crippen LogP contribution in [0.3, 0.4) is 0 Å². The molecule has 140 valence electrons. The van der Waals surface area contributed by atoms with Crippen LogP contribution < -0.4 is 5.32 Å². The highest BCUT2D eigenvalue weighted by Crippen LogP contribution is 2.22. The molecule has 0 unspecified atom stereocenters. The van der Waals surface area contributed by atoms with Gasteiger partial charge in [-0.15, -0.1) is 0 Å². The Balaban J connectivity index is 1.25. The van der Waals surface area contributed by atoms with Crippen LogP contribution in [-0.2, 0) is 20.0 Å². The number of aromatic nitrogens is 6. The summed E-state index contributed by atoms with van der Waals surface area (Å²) in [6, 6.07) is 0. The van der Waals surface area contributed by atoms with Crippen LogP contribution in [0.4, 0.5) is 11.6 Å². The van der Waals surface area contributed by atoms with Crippen molar-refractivity contribution in [3.8, 4) is 0 Å². The number of aryl methyl sites for hydroxylation is 1. The molecule has 0 atom stereocenters. The van der Waals surface area contributed by atoms with Gasteiger partial charge in [0.25, 0.3) is 0 Å². The molecule has 0 radical (unpaired) electrons. The van der Waals surface area contributed by atoms with Crippen LogP contribution in [-0.4, -0.2) is 47.7 Å². The van der Waals surface area contributed by atoms with Crippen molar-refractivity contribution < 1.29 is 0 Å². The van der Waals surface area contributed by atoms with E-state index in [9.17, 15) is 0 Å². The molecular weight excluding hydrogens is 340 g/mol. The quantitative estimate of drug-likeness (QED) is 0.718. The fourth-order valence-electron chi connectivity index (χ4n) is 3.48. The number of hydrogen-bond acceptors (Lipinski definition) is 7. The summed E-state index contributed by atoms with van der Waals surface area (Å²) in [5.41, 5.74) is 2.33. The summed E-state index contributed by atoms with van der Waals surface area (Å²) in [5, 5.41) is 7.35. The standard InChI is InChI=1S/C19H24N8/c1-26-13-16(9-24-26)14-27-6-2-15(3-7-27)8-17-10-23-19(12-22-17)25-18-11-20-4-5-21-18/h4-5,9-13,15H,2-3,6-8,14H2,1H3,(H,21,23,25). The van der Waals surface area contributed by atoms with Gasteiger partial charge >= 0.3 is 0 Å². The third-order valence-corrected chi connectivity index (χ3v) is 4.89. The maximum atomic E-state index is 4.56. The zero-order chi connectivity index (χ0) is 18.5. The van der Waals surface area contributed by atoms with Gasteiger partial charge in [-0.1, -0.05) is 0 Å². The van der Waals surface area contributed by atoms with E-state index in [0.29, 0.717) is 17.6 Å². The van der Waals surface area contributed by atoms with Gasteiger partial charge in [0.2, 0.25) is 0 Å². The number of nitrogens with zero attached hydrogens (tertiary/aromatic N) is 7. The van der Waals surface area contributed by atoms with Crippen molar-refractivity contribution in [1.82, 2.24) is 34.6 Å². The van der Waals surface area contributed by atoms with E-state index < -0.39 is 0 Å². The van der Waals surface area contributed by atoms with Crippen molar-refractivity contribution in [3.05, 3.63) is 54.6 Å². The summed E-state index contributed by atoms with van der Waals surface area (Å²) in [5.74, 6) is 2.02. The molecule has 4 rings (SSSR count). The summed E-state index contributed by atoms with van der Waals surface area (Å²) in [7, 11) is 1.96. The Morgan fingerprint density at radius 1 is 1.00 bits per heavy atom. The van der Waals surface area contributed by atoms with Gasteiger partial charge < -0.3 is 5.32 Å². The maximum Gasteiger partial charge on any atom is 0.150 e.